The summed E-state index contributed by atoms with van der Waals surface area (Å²) in [6, 6.07) is 9.07. The molecule has 0 fully saturated rings. The van der Waals surface area contributed by atoms with Gasteiger partial charge in [-0.2, -0.15) is 18.2 Å². The number of ether oxygens (including phenoxy) is 1. The third-order valence-corrected chi connectivity index (χ3v) is 4.78. The van der Waals surface area contributed by atoms with Crippen LogP contribution in [0.2, 0.25) is 0 Å². The maximum Gasteiger partial charge on any atom is 0.425 e. The number of halogens is 3. The van der Waals surface area contributed by atoms with Gasteiger partial charge in [-0.15, -0.1) is 0 Å². The van der Waals surface area contributed by atoms with Gasteiger partial charge in [0.1, 0.15) is 0 Å². The second-order valence-corrected chi connectivity index (χ2v) is 8.11. The van der Waals surface area contributed by atoms with Crippen molar-refractivity contribution in [1.82, 2.24) is 9.97 Å². The number of benzene rings is 1. The minimum absolute atomic E-state index is 0.121. The van der Waals surface area contributed by atoms with Crippen molar-refractivity contribution in [2.24, 2.45) is 0 Å². The van der Waals surface area contributed by atoms with E-state index in [1.54, 1.807) is 24.3 Å². The predicted octanol–water partition coefficient (Wildman–Crippen LogP) is 4.22. The zero-order valence-corrected chi connectivity index (χ0v) is 16.4. The Morgan fingerprint density at radius 2 is 1.72 bits per heavy atom. The first-order chi connectivity index (χ1) is 13.5. The number of aryl methyl sites for hydroxylation is 1. The third kappa shape index (κ3) is 4.50. The molecule has 0 amide bonds. The summed E-state index contributed by atoms with van der Waals surface area (Å²) >= 11 is 0. The van der Waals surface area contributed by atoms with Gasteiger partial charge >= 0.3 is 6.18 Å². The molecule has 0 aliphatic carbocycles. The Morgan fingerprint density at radius 1 is 1.07 bits per heavy atom. The maximum absolute atomic E-state index is 13.7. The number of nitrogens with one attached hydrogen (secondary N) is 1. The highest BCUT2D eigenvalue weighted by Crippen LogP contribution is 2.41. The van der Waals surface area contributed by atoms with Gasteiger partial charge in [-0.3, -0.25) is 0 Å². The van der Waals surface area contributed by atoms with Gasteiger partial charge in [0.25, 0.3) is 0 Å². The molecule has 0 radical (unpaired) electrons. The van der Waals surface area contributed by atoms with Crippen LogP contribution < -0.4 is 10.1 Å². The van der Waals surface area contributed by atoms with Crippen LogP contribution in [-0.2, 0) is 16.0 Å². The van der Waals surface area contributed by atoms with Gasteiger partial charge < -0.3 is 14.5 Å². The molecule has 0 unspecified atom stereocenters. The van der Waals surface area contributed by atoms with E-state index in [9.17, 15) is 21.6 Å². The normalized spacial score (nSPS) is 12.1. The summed E-state index contributed by atoms with van der Waals surface area (Å²) in [5.41, 5.74) is 0.0970. The molecular formula is C18H16F3N3O4S. The molecule has 0 saturated heterocycles. The highest BCUT2D eigenvalue weighted by Gasteiger charge is 2.40. The van der Waals surface area contributed by atoms with Crippen LogP contribution >= 0.6 is 0 Å². The van der Waals surface area contributed by atoms with Crippen LogP contribution in [-0.4, -0.2) is 31.8 Å². The number of sulfone groups is 1. The molecule has 29 heavy (non-hydrogen) atoms. The van der Waals surface area contributed by atoms with E-state index in [1.165, 1.54) is 12.1 Å². The SMILES string of the molecule is COc1nc(-c2ccc(S(C)(=O)=O)o2)nc(Nc2ccc(C)cc2)c1C(F)(F)F. The van der Waals surface area contributed by atoms with Crippen LogP contribution in [0.25, 0.3) is 11.6 Å². The fraction of sp³-hybridized carbons (Fsp3) is 0.222. The zero-order chi connectivity index (χ0) is 21.4. The van der Waals surface area contributed by atoms with Crippen LogP contribution in [0.3, 0.4) is 0 Å². The summed E-state index contributed by atoms with van der Waals surface area (Å²) in [4.78, 5) is 7.68. The van der Waals surface area contributed by atoms with E-state index in [1.807, 2.05) is 6.92 Å². The maximum atomic E-state index is 13.7. The fourth-order valence-corrected chi connectivity index (χ4v) is 3.01. The van der Waals surface area contributed by atoms with E-state index in [4.69, 9.17) is 9.15 Å². The molecule has 0 saturated carbocycles. The van der Waals surface area contributed by atoms with Crippen molar-refractivity contribution in [1.29, 1.82) is 0 Å². The summed E-state index contributed by atoms with van der Waals surface area (Å²) in [5.74, 6) is -1.67. The van der Waals surface area contributed by atoms with E-state index < -0.39 is 33.3 Å². The molecule has 11 heteroatoms. The first kappa shape index (κ1) is 20.6. The number of furan rings is 1. The van der Waals surface area contributed by atoms with Gasteiger partial charge in [0.2, 0.25) is 26.6 Å². The molecule has 154 valence electrons. The van der Waals surface area contributed by atoms with Gasteiger partial charge in [-0.1, -0.05) is 17.7 Å². The molecule has 0 atom stereocenters. The van der Waals surface area contributed by atoms with Gasteiger partial charge in [-0.25, -0.2) is 13.4 Å². The van der Waals surface area contributed by atoms with E-state index in [0.29, 0.717) is 5.69 Å². The molecular weight excluding hydrogens is 411 g/mol. The lowest BCUT2D eigenvalue weighted by Gasteiger charge is -2.17. The van der Waals surface area contributed by atoms with Crippen LogP contribution in [0.4, 0.5) is 24.7 Å². The lowest BCUT2D eigenvalue weighted by molar-refractivity contribution is -0.138. The molecule has 3 aromatic rings. The first-order valence-corrected chi connectivity index (χ1v) is 10.1. The summed E-state index contributed by atoms with van der Waals surface area (Å²) in [7, 11) is -2.61. The molecule has 2 heterocycles. The lowest BCUT2D eigenvalue weighted by atomic mass is 10.2. The van der Waals surface area contributed by atoms with Crippen molar-refractivity contribution in [3.05, 3.63) is 47.5 Å². The number of methoxy groups -OCH3 is 1. The minimum atomic E-state index is -4.81. The number of rotatable bonds is 5. The monoisotopic (exact) mass is 427 g/mol. The highest BCUT2D eigenvalue weighted by atomic mass is 32.2. The van der Waals surface area contributed by atoms with Crippen LogP contribution in [0, 0.1) is 6.92 Å². The second-order valence-electron chi connectivity index (χ2n) is 6.16. The largest absolute Gasteiger partial charge is 0.480 e. The smallest absolute Gasteiger partial charge is 0.425 e. The van der Waals surface area contributed by atoms with Crippen molar-refractivity contribution in [3.8, 4) is 17.5 Å². The molecule has 0 aliphatic rings. The molecule has 3 rings (SSSR count). The average Bonchev–Trinajstić information content (AvgIpc) is 3.12. The van der Waals surface area contributed by atoms with Crippen LogP contribution in [0.5, 0.6) is 5.88 Å². The molecule has 1 aromatic carbocycles. The third-order valence-electron chi connectivity index (χ3n) is 3.83. The van der Waals surface area contributed by atoms with Gasteiger partial charge in [-0.05, 0) is 31.2 Å². The minimum Gasteiger partial charge on any atom is -0.480 e. The van der Waals surface area contributed by atoms with Gasteiger partial charge in [0.05, 0.1) is 7.11 Å². The first-order valence-electron chi connectivity index (χ1n) is 8.16. The standard InChI is InChI=1S/C18H16F3N3O4S/c1-10-4-6-11(7-5-10)22-16-14(18(19,20)21)17(27-2)24-15(23-16)12-8-9-13(28-12)29(3,25)26/h4-9H,1-3H3,(H,22,23,24). The highest BCUT2D eigenvalue weighted by molar-refractivity contribution is 7.90. The molecule has 0 aliphatic heterocycles. The van der Waals surface area contributed by atoms with Crippen molar-refractivity contribution in [2.75, 3.05) is 18.7 Å². The Labute approximate surface area is 164 Å². The number of aromatic nitrogens is 2. The average molecular weight is 427 g/mol. The van der Waals surface area contributed by atoms with E-state index in [2.05, 4.69) is 15.3 Å². The second kappa shape index (κ2) is 7.39. The van der Waals surface area contributed by atoms with E-state index >= 15 is 0 Å². The Bertz CT molecular complexity index is 1140. The fourth-order valence-electron chi connectivity index (χ4n) is 2.46. The lowest BCUT2D eigenvalue weighted by Crippen LogP contribution is -2.14. The number of nitrogens with zero attached hydrogens (tertiary/aromatic N) is 2. The summed E-state index contributed by atoms with van der Waals surface area (Å²) < 4.78 is 74.2. The number of hydrogen-bond donors (Lipinski definition) is 1. The predicted molar refractivity (Wildman–Crippen MR) is 98.9 cm³/mol. The Morgan fingerprint density at radius 3 is 2.24 bits per heavy atom. The molecule has 2 aromatic heterocycles. The van der Waals surface area contributed by atoms with Gasteiger partial charge in [0.15, 0.2) is 17.1 Å². The molecule has 0 bridgehead atoms. The Balaban J connectivity index is 2.16. The van der Waals surface area contributed by atoms with Crippen molar-refractivity contribution >= 4 is 21.3 Å². The van der Waals surface area contributed by atoms with Crippen molar-refractivity contribution < 1.29 is 30.7 Å². The quantitative estimate of drug-likeness (QED) is 0.651. The van der Waals surface area contributed by atoms with Crippen LogP contribution in [0.1, 0.15) is 11.1 Å². The number of hydrogen-bond acceptors (Lipinski definition) is 7. The summed E-state index contributed by atoms with van der Waals surface area (Å²) in [6.07, 6.45) is -3.87. The Hall–Kier alpha value is -3.08. The van der Waals surface area contributed by atoms with Crippen molar-refractivity contribution in [2.45, 2.75) is 18.2 Å². The van der Waals surface area contributed by atoms with Crippen molar-refractivity contribution in [3.63, 3.8) is 0 Å². The number of anilines is 2. The number of alkyl halides is 3. The molecule has 7 nitrogen and oxygen atoms in total. The van der Waals surface area contributed by atoms with E-state index in [-0.39, 0.29) is 16.7 Å². The zero-order valence-electron chi connectivity index (χ0n) is 15.5. The Kier molecular flexibility index (Phi) is 5.26. The molecule has 1 N–H and O–H groups in total. The van der Waals surface area contributed by atoms with Crippen LogP contribution in [0.15, 0.2) is 45.9 Å². The summed E-state index contributed by atoms with van der Waals surface area (Å²) in [5, 5.41) is 2.26. The summed E-state index contributed by atoms with van der Waals surface area (Å²) in [6.45, 7) is 1.84. The molecule has 0 spiro atoms. The topological polar surface area (TPSA) is 94.3 Å². The van der Waals surface area contributed by atoms with Gasteiger partial charge in [0, 0.05) is 11.9 Å². The van der Waals surface area contributed by atoms with E-state index in [0.717, 1.165) is 18.9 Å².